The summed E-state index contributed by atoms with van der Waals surface area (Å²) in [5.74, 6) is 0. The van der Waals surface area contributed by atoms with Crippen LogP contribution in [0.1, 0.15) is 36.1 Å². The molecule has 0 aliphatic carbocycles. The number of rotatable bonds is 7. The standard InChI is InChI=1S/C15H21BrF3NO/c1-4-20-14(5-6-21-9-15(17,18)19)12-7-11(3)13(16)8-10(12)2/h7-8,14,20H,4-6,9H2,1-3H3. The van der Waals surface area contributed by atoms with Crippen LogP contribution in [-0.4, -0.2) is 25.9 Å². The van der Waals surface area contributed by atoms with Crippen LogP contribution in [0, 0.1) is 13.8 Å². The molecule has 0 heterocycles. The molecule has 1 aromatic rings. The highest BCUT2D eigenvalue weighted by Gasteiger charge is 2.27. The van der Waals surface area contributed by atoms with E-state index < -0.39 is 12.8 Å². The van der Waals surface area contributed by atoms with Crippen molar-refractivity contribution in [3.8, 4) is 0 Å². The van der Waals surface area contributed by atoms with Crippen LogP contribution in [-0.2, 0) is 4.74 Å². The first-order valence-electron chi connectivity index (χ1n) is 6.89. The number of nitrogens with one attached hydrogen (secondary N) is 1. The Labute approximate surface area is 132 Å². The molecule has 0 spiro atoms. The average molecular weight is 368 g/mol. The van der Waals surface area contributed by atoms with Gasteiger partial charge in [0, 0.05) is 17.1 Å². The lowest BCUT2D eigenvalue weighted by Gasteiger charge is -2.21. The van der Waals surface area contributed by atoms with Gasteiger partial charge >= 0.3 is 6.18 Å². The summed E-state index contributed by atoms with van der Waals surface area (Å²) in [5, 5.41) is 3.31. The zero-order valence-corrected chi connectivity index (χ0v) is 14.1. The Morgan fingerprint density at radius 2 is 1.90 bits per heavy atom. The highest BCUT2D eigenvalue weighted by atomic mass is 79.9. The van der Waals surface area contributed by atoms with Crippen LogP contribution < -0.4 is 5.32 Å². The Morgan fingerprint density at radius 3 is 2.48 bits per heavy atom. The van der Waals surface area contributed by atoms with E-state index in [0.29, 0.717) is 6.42 Å². The molecule has 0 saturated carbocycles. The Bertz CT molecular complexity index is 463. The lowest BCUT2D eigenvalue weighted by Crippen LogP contribution is -2.24. The fraction of sp³-hybridized carbons (Fsp3) is 0.600. The molecule has 120 valence electrons. The molecule has 1 atom stereocenters. The van der Waals surface area contributed by atoms with E-state index in [1.54, 1.807) is 0 Å². The van der Waals surface area contributed by atoms with Gasteiger partial charge in [-0.15, -0.1) is 0 Å². The fourth-order valence-electron chi connectivity index (χ4n) is 2.18. The number of halogens is 4. The number of aryl methyl sites for hydroxylation is 2. The smallest absolute Gasteiger partial charge is 0.372 e. The molecule has 1 N–H and O–H groups in total. The number of benzene rings is 1. The van der Waals surface area contributed by atoms with Crippen LogP contribution in [0.15, 0.2) is 16.6 Å². The van der Waals surface area contributed by atoms with Crippen molar-refractivity contribution in [1.29, 1.82) is 0 Å². The Kier molecular flexibility index (Phi) is 7.16. The van der Waals surface area contributed by atoms with Crippen LogP contribution in [0.2, 0.25) is 0 Å². The van der Waals surface area contributed by atoms with Gasteiger partial charge in [0.25, 0.3) is 0 Å². The number of hydrogen-bond acceptors (Lipinski definition) is 2. The molecule has 0 amide bonds. The molecule has 6 heteroatoms. The predicted octanol–water partition coefficient (Wildman–Crippen LogP) is 4.69. The molecular formula is C15H21BrF3NO. The zero-order chi connectivity index (χ0) is 16.0. The van der Waals surface area contributed by atoms with Crippen molar-refractivity contribution in [2.75, 3.05) is 19.8 Å². The summed E-state index contributed by atoms with van der Waals surface area (Å²) in [7, 11) is 0. The highest BCUT2D eigenvalue weighted by Crippen LogP contribution is 2.27. The zero-order valence-electron chi connectivity index (χ0n) is 12.5. The quantitative estimate of drug-likeness (QED) is 0.706. The maximum Gasteiger partial charge on any atom is 0.411 e. The van der Waals surface area contributed by atoms with E-state index in [9.17, 15) is 13.2 Å². The SMILES string of the molecule is CCNC(CCOCC(F)(F)F)c1cc(C)c(Br)cc1C. The van der Waals surface area contributed by atoms with Crippen molar-refractivity contribution in [3.05, 3.63) is 33.3 Å². The molecule has 0 radical (unpaired) electrons. The predicted molar refractivity (Wildman–Crippen MR) is 81.5 cm³/mol. The summed E-state index contributed by atoms with van der Waals surface area (Å²) in [6, 6.07) is 4.09. The second-order valence-electron chi connectivity index (χ2n) is 5.02. The molecule has 21 heavy (non-hydrogen) atoms. The minimum absolute atomic E-state index is 0.00460. The van der Waals surface area contributed by atoms with Gasteiger partial charge in [-0.2, -0.15) is 13.2 Å². The van der Waals surface area contributed by atoms with Crippen molar-refractivity contribution in [2.24, 2.45) is 0 Å². The van der Waals surface area contributed by atoms with E-state index in [0.717, 1.165) is 27.7 Å². The summed E-state index contributed by atoms with van der Waals surface area (Å²) in [6.45, 7) is 5.61. The van der Waals surface area contributed by atoms with E-state index in [2.05, 4.69) is 27.3 Å². The third-order valence-electron chi connectivity index (χ3n) is 3.19. The molecule has 0 fully saturated rings. The fourth-order valence-corrected chi connectivity index (χ4v) is 2.64. The van der Waals surface area contributed by atoms with Gasteiger partial charge in [0.05, 0.1) is 0 Å². The van der Waals surface area contributed by atoms with Crippen LogP contribution in [0.5, 0.6) is 0 Å². The van der Waals surface area contributed by atoms with Gasteiger partial charge in [-0.25, -0.2) is 0 Å². The Balaban J connectivity index is 2.71. The van der Waals surface area contributed by atoms with E-state index >= 15 is 0 Å². The molecule has 1 rings (SSSR count). The molecule has 0 aliphatic rings. The maximum absolute atomic E-state index is 12.1. The first-order chi connectivity index (χ1) is 9.74. The minimum atomic E-state index is -4.27. The lowest BCUT2D eigenvalue weighted by molar-refractivity contribution is -0.174. The van der Waals surface area contributed by atoms with E-state index in [1.165, 1.54) is 0 Å². The Morgan fingerprint density at radius 1 is 1.24 bits per heavy atom. The summed E-state index contributed by atoms with van der Waals surface area (Å²) in [6.07, 6.45) is -3.76. The minimum Gasteiger partial charge on any atom is -0.372 e. The van der Waals surface area contributed by atoms with Gasteiger partial charge in [0.2, 0.25) is 0 Å². The van der Waals surface area contributed by atoms with E-state index in [-0.39, 0.29) is 12.6 Å². The van der Waals surface area contributed by atoms with Gasteiger partial charge < -0.3 is 10.1 Å². The van der Waals surface area contributed by atoms with Crippen molar-refractivity contribution in [3.63, 3.8) is 0 Å². The third-order valence-corrected chi connectivity index (χ3v) is 4.04. The molecule has 0 saturated heterocycles. The van der Waals surface area contributed by atoms with Crippen LogP contribution in [0.4, 0.5) is 13.2 Å². The van der Waals surface area contributed by atoms with Gasteiger partial charge in [0.1, 0.15) is 6.61 Å². The second kappa shape index (κ2) is 8.15. The number of alkyl halides is 3. The van der Waals surface area contributed by atoms with Gasteiger partial charge in [-0.05, 0) is 49.6 Å². The van der Waals surface area contributed by atoms with Crippen LogP contribution in [0.3, 0.4) is 0 Å². The molecular weight excluding hydrogens is 347 g/mol. The van der Waals surface area contributed by atoms with Gasteiger partial charge in [-0.3, -0.25) is 0 Å². The summed E-state index contributed by atoms with van der Waals surface area (Å²) < 4.78 is 42.0. The molecule has 0 bridgehead atoms. The normalized spacial score (nSPS) is 13.5. The topological polar surface area (TPSA) is 21.3 Å². The Hall–Kier alpha value is -0.590. The van der Waals surface area contributed by atoms with Gasteiger partial charge in [0.15, 0.2) is 0 Å². The molecule has 0 aliphatic heterocycles. The van der Waals surface area contributed by atoms with Crippen molar-refractivity contribution >= 4 is 15.9 Å². The van der Waals surface area contributed by atoms with Gasteiger partial charge in [-0.1, -0.05) is 28.9 Å². The maximum atomic E-state index is 12.1. The van der Waals surface area contributed by atoms with Crippen molar-refractivity contribution in [1.82, 2.24) is 5.32 Å². The summed E-state index contributed by atoms with van der Waals surface area (Å²) >= 11 is 3.48. The molecule has 0 aromatic heterocycles. The van der Waals surface area contributed by atoms with E-state index in [1.807, 2.05) is 26.8 Å². The molecule has 1 aromatic carbocycles. The lowest BCUT2D eigenvalue weighted by atomic mass is 9.97. The first-order valence-corrected chi connectivity index (χ1v) is 7.68. The number of ether oxygens (including phenoxy) is 1. The van der Waals surface area contributed by atoms with Crippen LogP contribution in [0.25, 0.3) is 0 Å². The monoisotopic (exact) mass is 367 g/mol. The van der Waals surface area contributed by atoms with E-state index in [4.69, 9.17) is 4.74 Å². The summed E-state index contributed by atoms with van der Waals surface area (Å²) in [5.41, 5.74) is 3.32. The third kappa shape index (κ3) is 6.36. The number of hydrogen-bond donors (Lipinski definition) is 1. The van der Waals surface area contributed by atoms with Crippen molar-refractivity contribution < 1.29 is 17.9 Å². The highest BCUT2D eigenvalue weighted by molar-refractivity contribution is 9.10. The first kappa shape index (κ1) is 18.5. The second-order valence-corrected chi connectivity index (χ2v) is 5.88. The largest absolute Gasteiger partial charge is 0.411 e. The van der Waals surface area contributed by atoms with Crippen LogP contribution >= 0.6 is 15.9 Å². The summed E-state index contributed by atoms with van der Waals surface area (Å²) in [4.78, 5) is 0. The van der Waals surface area contributed by atoms with Crippen molar-refractivity contribution in [2.45, 2.75) is 39.4 Å². The molecule has 2 nitrogen and oxygen atoms in total. The molecule has 1 unspecified atom stereocenters. The average Bonchev–Trinajstić information content (AvgIpc) is 2.36.